The van der Waals surface area contributed by atoms with Crippen molar-refractivity contribution in [3.05, 3.63) is 216 Å². The standard InChI is InChI=1S/C61H51N5/c1-3-5-16-41(4-2)44-27-30-55-51(37-44)52-38-45(42-17-7-6-8-18-42)28-31-56(52)64(55)36-15-25-54(46(40-63)34-35-62)66-59-33-29-47(39-53(59)61-48-20-10-9-19-43(48)26-32-60(61)66)65-57-23-13-11-21-49(57)50-22-12-14-24-58(50)65/h3-11,13-21,23-24,26-28,30-32,34,36-38,47,49,54,57H,2,12,22,25,29,33,39H2,1H3/b5-3-,36-15+,41-16+,46-34+. The summed E-state index contributed by atoms with van der Waals surface area (Å²) in [6.45, 7) is 6.16. The average Bonchev–Trinajstić information content (AvgIpc) is 4.00. The van der Waals surface area contributed by atoms with Crippen molar-refractivity contribution < 1.29 is 0 Å². The Bertz CT molecular complexity index is 3450. The van der Waals surface area contributed by atoms with Gasteiger partial charge in [0.15, 0.2) is 0 Å². The SMILES string of the molecule is C=C/C(=C\C=C/C)c1ccc2c(c1)c1cc(-c3ccccc3)ccc1n2/C=C/CC(/C(C#N)=C/C#N)n1c2c(c3c4ccccc4ccc31)CC(N1C3=C(CCC=C3)C3C=CC=CC31)CC2. The Hall–Kier alpha value is -7.86. The molecule has 11 rings (SSSR count). The summed E-state index contributed by atoms with van der Waals surface area (Å²) in [7, 11) is 0. The quantitative estimate of drug-likeness (QED) is 0.102. The van der Waals surface area contributed by atoms with Crippen molar-refractivity contribution in [1.29, 1.82) is 10.5 Å². The Labute approximate surface area is 387 Å². The van der Waals surface area contributed by atoms with Gasteiger partial charge in [-0.05, 0) is 126 Å². The number of benzene rings is 5. The molecule has 7 aromatic rings. The fourth-order valence-corrected chi connectivity index (χ4v) is 11.6. The summed E-state index contributed by atoms with van der Waals surface area (Å²) < 4.78 is 4.72. The molecule has 0 amide bonds. The third-order valence-electron chi connectivity index (χ3n) is 14.5. The highest BCUT2D eigenvalue weighted by Gasteiger charge is 2.43. The summed E-state index contributed by atoms with van der Waals surface area (Å²) in [5.74, 6) is 0.427. The van der Waals surface area contributed by atoms with Crippen LogP contribution in [0.25, 0.3) is 66.4 Å². The van der Waals surface area contributed by atoms with Gasteiger partial charge in [0.1, 0.15) is 0 Å². The largest absolute Gasteiger partial charge is 0.361 e. The minimum absolute atomic E-state index is 0.331. The lowest BCUT2D eigenvalue weighted by Gasteiger charge is -2.40. The van der Waals surface area contributed by atoms with Gasteiger partial charge in [0.05, 0.1) is 40.8 Å². The molecule has 4 aliphatic rings. The van der Waals surface area contributed by atoms with Crippen LogP contribution in [0.3, 0.4) is 0 Å². The minimum Gasteiger partial charge on any atom is -0.361 e. The van der Waals surface area contributed by atoms with Crippen LogP contribution >= 0.6 is 0 Å². The Morgan fingerprint density at radius 1 is 0.848 bits per heavy atom. The van der Waals surface area contributed by atoms with Crippen LogP contribution in [0.2, 0.25) is 0 Å². The highest BCUT2D eigenvalue weighted by atomic mass is 15.2. The molecule has 0 N–H and O–H groups in total. The Morgan fingerprint density at radius 3 is 2.48 bits per heavy atom. The zero-order valence-electron chi connectivity index (χ0n) is 37.3. The number of rotatable bonds is 10. The molecular formula is C61H51N5. The van der Waals surface area contributed by atoms with Crippen LogP contribution in [0.4, 0.5) is 0 Å². The maximum atomic E-state index is 10.9. The van der Waals surface area contributed by atoms with E-state index < -0.39 is 0 Å². The first kappa shape index (κ1) is 40.9. The van der Waals surface area contributed by atoms with Crippen LogP contribution in [0.1, 0.15) is 55.5 Å². The zero-order valence-corrected chi connectivity index (χ0v) is 37.3. The number of hydrogen-bond donors (Lipinski definition) is 0. The Kier molecular flexibility index (Phi) is 10.7. The summed E-state index contributed by atoms with van der Waals surface area (Å²) in [5.41, 5.74) is 13.9. The lowest BCUT2D eigenvalue weighted by Crippen LogP contribution is -2.43. The molecule has 0 saturated heterocycles. The first-order valence-corrected chi connectivity index (χ1v) is 23.4. The lowest BCUT2D eigenvalue weighted by atomic mass is 9.86. The zero-order chi connectivity index (χ0) is 44.7. The maximum Gasteiger partial charge on any atom is 0.0976 e. The van der Waals surface area contributed by atoms with Crippen LogP contribution < -0.4 is 0 Å². The number of fused-ring (bicyclic) bond motifs is 10. The second kappa shape index (κ2) is 17.3. The van der Waals surface area contributed by atoms with E-state index in [1.807, 2.05) is 19.1 Å². The Balaban J connectivity index is 1.04. The van der Waals surface area contributed by atoms with E-state index in [1.165, 1.54) is 44.8 Å². The van der Waals surface area contributed by atoms with Gasteiger partial charge >= 0.3 is 0 Å². The first-order chi connectivity index (χ1) is 32.6. The molecule has 5 aromatic carbocycles. The van der Waals surface area contributed by atoms with Crippen LogP contribution in [0, 0.1) is 28.6 Å². The highest BCUT2D eigenvalue weighted by molar-refractivity contribution is 6.12. The molecule has 3 aliphatic carbocycles. The predicted octanol–water partition coefficient (Wildman–Crippen LogP) is 14.7. The minimum atomic E-state index is -0.385. The summed E-state index contributed by atoms with van der Waals surface area (Å²) in [6, 6.07) is 42.2. The molecule has 0 saturated carbocycles. The number of hydrogen-bond acceptors (Lipinski definition) is 3. The van der Waals surface area contributed by atoms with Crippen molar-refractivity contribution in [2.24, 2.45) is 5.92 Å². The van der Waals surface area contributed by atoms with Crippen LogP contribution in [0.5, 0.6) is 0 Å². The molecular weight excluding hydrogens is 803 g/mol. The number of aromatic nitrogens is 2. The van der Waals surface area contributed by atoms with E-state index in [4.69, 9.17) is 0 Å². The monoisotopic (exact) mass is 853 g/mol. The lowest BCUT2D eigenvalue weighted by molar-refractivity contribution is 0.203. The third kappa shape index (κ3) is 6.83. The highest BCUT2D eigenvalue weighted by Crippen LogP contribution is 2.48. The van der Waals surface area contributed by atoms with Crippen molar-refractivity contribution in [3.8, 4) is 23.3 Å². The van der Waals surface area contributed by atoms with Crippen molar-refractivity contribution in [2.45, 2.75) is 63.6 Å². The molecule has 1 aliphatic heterocycles. The molecule has 0 fully saturated rings. The van der Waals surface area contributed by atoms with Gasteiger partial charge in [0, 0.05) is 57.3 Å². The van der Waals surface area contributed by atoms with Gasteiger partial charge in [-0.3, -0.25) is 0 Å². The van der Waals surface area contributed by atoms with E-state index in [9.17, 15) is 10.5 Å². The van der Waals surface area contributed by atoms with Gasteiger partial charge in [0.25, 0.3) is 0 Å². The van der Waals surface area contributed by atoms with E-state index in [0.29, 0.717) is 30.0 Å². The molecule has 0 bridgehead atoms. The molecule has 66 heavy (non-hydrogen) atoms. The molecule has 4 atom stereocenters. The average molecular weight is 854 g/mol. The van der Waals surface area contributed by atoms with Crippen LogP contribution in [-0.2, 0) is 12.8 Å². The molecule has 4 unspecified atom stereocenters. The second-order valence-corrected chi connectivity index (χ2v) is 17.9. The van der Waals surface area contributed by atoms with Crippen LogP contribution in [-0.4, -0.2) is 26.1 Å². The molecule has 5 nitrogen and oxygen atoms in total. The van der Waals surface area contributed by atoms with Gasteiger partial charge in [-0.25, -0.2) is 0 Å². The normalized spacial score (nSPS) is 19.9. The summed E-state index contributed by atoms with van der Waals surface area (Å²) in [5, 5.41) is 27.0. The van der Waals surface area contributed by atoms with Crippen molar-refractivity contribution in [3.63, 3.8) is 0 Å². The van der Waals surface area contributed by atoms with Gasteiger partial charge in [-0.1, -0.05) is 140 Å². The van der Waals surface area contributed by atoms with Crippen molar-refractivity contribution >= 4 is 55.3 Å². The fourth-order valence-electron chi connectivity index (χ4n) is 11.6. The van der Waals surface area contributed by atoms with E-state index in [1.54, 1.807) is 5.57 Å². The Morgan fingerprint density at radius 2 is 1.65 bits per heavy atom. The van der Waals surface area contributed by atoms with Gasteiger partial charge in [-0.2, -0.15) is 10.5 Å². The molecule has 5 heteroatoms. The predicted molar refractivity (Wildman–Crippen MR) is 274 cm³/mol. The number of nitriles is 2. The molecule has 3 heterocycles. The third-order valence-corrected chi connectivity index (χ3v) is 14.5. The van der Waals surface area contributed by atoms with E-state index in [2.05, 4.69) is 197 Å². The molecule has 0 spiro atoms. The molecule has 320 valence electrons. The fraction of sp³-hybridized carbons (Fsp3) is 0.180. The van der Waals surface area contributed by atoms with Gasteiger partial charge in [0.2, 0.25) is 0 Å². The second-order valence-electron chi connectivity index (χ2n) is 17.9. The summed E-state index contributed by atoms with van der Waals surface area (Å²) in [4.78, 5) is 2.75. The van der Waals surface area contributed by atoms with Gasteiger partial charge < -0.3 is 14.0 Å². The van der Waals surface area contributed by atoms with Crippen molar-refractivity contribution in [2.75, 3.05) is 0 Å². The number of nitrogens with zero attached hydrogens (tertiary/aromatic N) is 5. The van der Waals surface area contributed by atoms with E-state index in [0.717, 1.165) is 76.1 Å². The first-order valence-electron chi connectivity index (χ1n) is 23.4. The summed E-state index contributed by atoms with van der Waals surface area (Å²) >= 11 is 0. The topological polar surface area (TPSA) is 60.7 Å². The van der Waals surface area contributed by atoms with Crippen LogP contribution in [0.15, 0.2) is 199 Å². The maximum absolute atomic E-state index is 10.9. The van der Waals surface area contributed by atoms with E-state index >= 15 is 0 Å². The molecule has 2 aromatic heterocycles. The smallest absolute Gasteiger partial charge is 0.0976 e. The van der Waals surface area contributed by atoms with Crippen molar-refractivity contribution in [1.82, 2.24) is 14.0 Å². The summed E-state index contributed by atoms with van der Waals surface area (Å²) in [6.07, 6.45) is 33.5. The van der Waals surface area contributed by atoms with E-state index in [-0.39, 0.29) is 6.04 Å². The number of allylic oxidation sites excluding steroid dienone is 12. The molecule has 0 radical (unpaired) electrons. The van der Waals surface area contributed by atoms with Gasteiger partial charge in [-0.15, -0.1) is 0 Å².